The molecular formula is C18H25BrClN3O2. The molecule has 1 aromatic rings. The number of benzene rings is 1. The van der Waals surface area contributed by atoms with Gasteiger partial charge >= 0.3 is 0 Å². The number of ether oxygens (including phenoxy) is 2. The molecule has 0 fully saturated rings. The van der Waals surface area contributed by atoms with Crippen LogP contribution in [0.25, 0.3) is 0 Å². The zero-order valence-electron chi connectivity index (χ0n) is 14.3. The predicted molar refractivity (Wildman–Crippen MR) is 92.1 cm³/mol. The van der Waals surface area contributed by atoms with E-state index in [2.05, 4.69) is 17.9 Å². The summed E-state index contributed by atoms with van der Waals surface area (Å²) in [6.07, 6.45) is 3.16. The molecular weight excluding hydrogens is 406 g/mol. The first-order valence-corrected chi connectivity index (χ1v) is 8.47. The summed E-state index contributed by atoms with van der Waals surface area (Å²) in [6.45, 7) is 2.03. The van der Waals surface area contributed by atoms with Crippen LogP contribution in [0.5, 0.6) is 0 Å². The molecule has 0 heterocycles. The normalized spacial score (nSPS) is 10.6. The van der Waals surface area contributed by atoms with Crippen molar-refractivity contribution in [3.05, 3.63) is 34.9 Å². The van der Waals surface area contributed by atoms with Crippen molar-refractivity contribution in [2.24, 2.45) is 0 Å². The number of nitrogens with zero attached hydrogens (tertiary/aromatic N) is 2. The SMILES string of the molecule is N#CCCOCCC([NH3+])(CCOCCC#N)Cc1ccc(Cl)cc1.[Br-]. The van der Waals surface area contributed by atoms with Gasteiger partial charge in [-0.1, -0.05) is 23.7 Å². The van der Waals surface area contributed by atoms with Gasteiger partial charge in [0.2, 0.25) is 0 Å². The zero-order chi connectivity index (χ0) is 17.7. The molecule has 0 bridgehead atoms. The van der Waals surface area contributed by atoms with E-state index in [1.807, 2.05) is 24.3 Å². The summed E-state index contributed by atoms with van der Waals surface area (Å²) >= 11 is 5.94. The second-order valence-corrected chi connectivity index (χ2v) is 6.28. The van der Waals surface area contributed by atoms with Gasteiger partial charge < -0.3 is 32.2 Å². The first kappa shape index (κ1) is 23.9. The van der Waals surface area contributed by atoms with Gasteiger partial charge in [0.15, 0.2) is 0 Å². The molecule has 0 unspecified atom stereocenters. The Kier molecular flexibility index (Phi) is 13.4. The number of hydrogen-bond donors (Lipinski definition) is 1. The van der Waals surface area contributed by atoms with E-state index in [1.54, 1.807) is 0 Å². The summed E-state index contributed by atoms with van der Waals surface area (Å²) in [7, 11) is 0. The Morgan fingerprint density at radius 2 is 1.40 bits per heavy atom. The molecule has 0 aliphatic carbocycles. The van der Waals surface area contributed by atoms with Crippen LogP contribution < -0.4 is 22.7 Å². The number of nitriles is 2. The molecule has 0 aromatic heterocycles. The molecule has 7 heteroatoms. The molecule has 138 valence electrons. The van der Waals surface area contributed by atoms with Crippen molar-refractivity contribution in [3.63, 3.8) is 0 Å². The maximum atomic E-state index is 8.54. The highest BCUT2D eigenvalue weighted by Gasteiger charge is 2.29. The van der Waals surface area contributed by atoms with Gasteiger partial charge in [0.25, 0.3) is 0 Å². The van der Waals surface area contributed by atoms with Crippen LogP contribution in [0.4, 0.5) is 0 Å². The first-order chi connectivity index (χ1) is 11.6. The minimum absolute atomic E-state index is 0. The smallest absolute Gasteiger partial charge is 0.103 e. The molecule has 0 amide bonds. The van der Waals surface area contributed by atoms with Gasteiger partial charge in [-0.05, 0) is 17.7 Å². The number of hydrogen-bond acceptors (Lipinski definition) is 4. The number of halogens is 2. The van der Waals surface area contributed by atoms with Crippen LogP contribution in [0.15, 0.2) is 24.3 Å². The largest absolute Gasteiger partial charge is 1.00 e. The molecule has 25 heavy (non-hydrogen) atoms. The van der Waals surface area contributed by atoms with E-state index in [-0.39, 0.29) is 22.5 Å². The van der Waals surface area contributed by atoms with E-state index in [0.717, 1.165) is 19.3 Å². The Hall–Kier alpha value is -1.15. The second kappa shape index (κ2) is 14.1. The van der Waals surface area contributed by atoms with Crippen molar-refractivity contribution in [1.29, 1.82) is 10.5 Å². The average Bonchev–Trinajstić information content (AvgIpc) is 2.57. The molecule has 0 radical (unpaired) electrons. The highest BCUT2D eigenvalue weighted by molar-refractivity contribution is 6.30. The van der Waals surface area contributed by atoms with Gasteiger partial charge in [-0.15, -0.1) is 0 Å². The number of rotatable bonds is 12. The van der Waals surface area contributed by atoms with Crippen molar-refractivity contribution in [3.8, 4) is 12.1 Å². The standard InChI is InChI=1S/C18H24ClN3O2.BrH/c19-17-5-3-16(4-6-17)15-18(22,7-13-23-11-1-9-20)8-14-24-12-2-10-21;/h3-6H,1-2,7-8,11-15,22H2;1H. The van der Waals surface area contributed by atoms with Gasteiger partial charge in [-0.3, -0.25) is 0 Å². The third kappa shape index (κ3) is 11.1. The van der Waals surface area contributed by atoms with Gasteiger partial charge in [0.1, 0.15) is 5.54 Å². The monoisotopic (exact) mass is 429 g/mol. The lowest BCUT2D eigenvalue weighted by Crippen LogP contribution is -3.00. The van der Waals surface area contributed by atoms with Crippen LogP contribution in [-0.4, -0.2) is 32.0 Å². The van der Waals surface area contributed by atoms with Crippen LogP contribution in [0.3, 0.4) is 0 Å². The van der Waals surface area contributed by atoms with Crippen molar-refractivity contribution in [2.75, 3.05) is 26.4 Å². The highest BCUT2D eigenvalue weighted by atomic mass is 79.9. The third-order valence-corrected chi connectivity index (χ3v) is 4.01. The van der Waals surface area contributed by atoms with Crippen molar-refractivity contribution >= 4 is 11.6 Å². The Balaban J connectivity index is 0.00000576. The minimum atomic E-state index is -0.215. The molecule has 5 nitrogen and oxygen atoms in total. The fraction of sp³-hybridized carbons (Fsp3) is 0.556. The van der Waals surface area contributed by atoms with Crippen molar-refractivity contribution < 1.29 is 32.2 Å². The van der Waals surface area contributed by atoms with E-state index in [9.17, 15) is 0 Å². The minimum Gasteiger partial charge on any atom is -1.00 e. The van der Waals surface area contributed by atoms with Crippen molar-refractivity contribution in [2.45, 2.75) is 37.6 Å². The van der Waals surface area contributed by atoms with Gasteiger partial charge in [-0.2, -0.15) is 10.5 Å². The fourth-order valence-electron chi connectivity index (χ4n) is 2.35. The van der Waals surface area contributed by atoms with Gasteiger partial charge in [0.05, 0.1) is 51.4 Å². The maximum Gasteiger partial charge on any atom is 0.103 e. The van der Waals surface area contributed by atoms with E-state index in [4.69, 9.17) is 31.6 Å². The van der Waals surface area contributed by atoms with E-state index in [0.29, 0.717) is 44.3 Å². The van der Waals surface area contributed by atoms with Crippen LogP contribution in [0.1, 0.15) is 31.2 Å². The summed E-state index contributed by atoms with van der Waals surface area (Å²) in [4.78, 5) is 0. The Bertz CT molecular complexity index is 531. The lowest BCUT2D eigenvalue weighted by molar-refractivity contribution is -0.483. The summed E-state index contributed by atoms with van der Waals surface area (Å²) in [5, 5.41) is 17.8. The lowest BCUT2D eigenvalue weighted by Gasteiger charge is -2.26. The van der Waals surface area contributed by atoms with Crippen LogP contribution in [-0.2, 0) is 15.9 Å². The molecule has 0 saturated carbocycles. The fourth-order valence-corrected chi connectivity index (χ4v) is 2.48. The summed E-state index contributed by atoms with van der Waals surface area (Å²) in [5.41, 5.74) is 5.35. The summed E-state index contributed by atoms with van der Waals surface area (Å²) in [6, 6.07) is 11.9. The molecule has 0 aliphatic rings. The van der Waals surface area contributed by atoms with E-state index >= 15 is 0 Å². The Morgan fingerprint density at radius 3 is 1.84 bits per heavy atom. The van der Waals surface area contributed by atoms with Crippen molar-refractivity contribution in [1.82, 2.24) is 0 Å². The summed E-state index contributed by atoms with van der Waals surface area (Å²) in [5.74, 6) is 0. The topological polar surface area (TPSA) is 93.7 Å². The van der Waals surface area contributed by atoms with Crippen LogP contribution in [0, 0.1) is 22.7 Å². The lowest BCUT2D eigenvalue weighted by atomic mass is 9.86. The predicted octanol–water partition coefficient (Wildman–Crippen LogP) is -0.492. The second-order valence-electron chi connectivity index (χ2n) is 5.84. The van der Waals surface area contributed by atoms with E-state index < -0.39 is 0 Å². The summed E-state index contributed by atoms with van der Waals surface area (Å²) < 4.78 is 11.0. The molecule has 0 spiro atoms. The first-order valence-electron chi connectivity index (χ1n) is 8.09. The molecule has 0 atom stereocenters. The van der Waals surface area contributed by atoms with E-state index in [1.165, 1.54) is 5.56 Å². The van der Waals surface area contributed by atoms with Gasteiger partial charge in [-0.25, -0.2) is 0 Å². The highest BCUT2D eigenvalue weighted by Crippen LogP contribution is 2.19. The quantitative estimate of drug-likeness (QED) is 0.453. The Morgan fingerprint density at radius 1 is 0.920 bits per heavy atom. The zero-order valence-corrected chi connectivity index (χ0v) is 16.7. The Labute approximate surface area is 165 Å². The maximum absolute atomic E-state index is 8.54. The van der Waals surface area contributed by atoms with Crippen LogP contribution in [0.2, 0.25) is 5.02 Å². The molecule has 1 rings (SSSR count). The molecule has 3 N–H and O–H groups in total. The molecule has 1 aromatic carbocycles. The van der Waals surface area contributed by atoms with Crippen LogP contribution >= 0.6 is 11.6 Å². The number of quaternary nitrogens is 1. The van der Waals surface area contributed by atoms with Gasteiger partial charge in [0, 0.05) is 24.3 Å². The average molecular weight is 431 g/mol. The molecule has 0 saturated heterocycles. The third-order valence-electron chi connectivity index (χ3n) is 3.76. The molecule has 0 aliphatic heterocycles.